The van der Waals surface area contributed by atoms with E-state index in [9.17, 15) is 4.79 Å². The van der Waals surface area contributed by atoms with Crippen LogP contribution in [0.25, 0.3) is 0 Å². The van der Waals surface area contributed by atoms with Crippen molar-refractivity contribution in [2.45, 2.75) is 20.4 Å². The minimum atomic E-state index is -0.676. The first-order valence-electron chi connectivity index (χ1n) is 6.07. The zero-order valence-electron chi connectivity index (χ0n) is 10.4. The molecule has 0 aromatic heterocycles. The summed E-state index contributed by atoms with van der Waals surface area (Å²) in [6.45, 7) is 6.64. The summed E-state index contributed by atoms with van der Waals surface area (Å²) in [5, 5.41) is 8.91. The third kappa shape index (κ3) is 2.86. The molecule has 0 saturated carbocycles. The Kier molecular flexibility index (Phi) is 3.48. The Morgan fingerprint density at radius 2 is 2.24 bits per heavy atom. The molecule has 1 atom stereocenters. The first-order chi connectivity index (χ1) is 8.06. The summed E-state index contributed by atoms with van der Waals surface area (Å²) in [7, 11) is 0. The van der Waals surface area contributed by atoms with E-state index >= 15 is 0 Å². The van der Waals surface area contributed by atoms with Crippen molar-refractivity contribution in [3.8, 4) is 0 Å². The number of hydrogen-bond acceptors (Lipinski definition) is 2. The smallest absolute Gasteiger partial charge is 0.306 e. The van der Waals surface area contributed by atoms with Gasteiger partial charge in [-0.05, 0) is 18.4 Å². The van der Waals surface area contributed by atoms with Crippen LogP contribution in [-0.4, -0.2) is 29.1 Å². The molecule has 1 N–H and O–H groups in total. The van der Waals surface area contributed by atoms with Crippen LogP contribution in [-0.2, 0) is 11.3 Å². The average molecular weight is 233 g/mol. The van der Waals surface area contributed by atoms with Crippen LogP contribution in [0.5, 0.6) is 0 Å². The number of rotatable bonds is 4. The zero-order chi connectivity index (χ0) is 12.4. The highest BCUT2D eigenvalue weighted by atomic mass is 16.4. The number of aryl methyl sites for hydroxylation is 1. The summed E-state index contributed by atoms with van der Waals surface area (Å²) in [6, 6.07) is 8.48. The number of aliphatic carboxylic acids is 1. The summed E-state index contributed by atoms with van der Waals surface area (Å²) in [6.07, 6.45) is 0. The van der Waals surface area contributed by atoms with Gasteiger partial charge in [-0.15, -0.1) is 0 Å². The SMILES string of the molecule is Cc1cccc(CN2CC(C(C)C(=O)O)C2)c1. The Labute approximate surface area is 102 Å². The van der Waals surface area contributed by atoms with E-state index in [0.29, 0.717) is 5.92 Å². The molecule has 0 radical (unpaired) electrons. The fourth-order valence-electron chi connectivity index (χ4n) is 2.33. The lowest BCUT2D eigenvalue weighted by atomic mass is 9.87. The van der Waals surface area contributed by atoms with Crippen LogP contribution in [0.1, 0.15) is 18.1 Å². The van der Waals surface area contributed by atoms with E-state index in [-0.39, 0.29) is 5.92 Å². The highest BCUT2D eigenvalue weighted by Gasteiger charge is 2.34. The van der Waals surface area contributed by atoms with Crippen molar-refractivity contribution in [3.05, 3.63) is 35.4 Å². The van der Waals surface area contributed by atoms with Crippen molar-refractivity contribution in [1.82, 2.24) is 4.90 Å². The summed E-state index contributed by atoms with van der Waals surface area (Å²) < 4.78 is 0. The molecule has 2 rings (SSSR count). The van der Waals surface area contributed by atoms with Crippen molar-refractivity contribution >= 4 is 5.97 Å². The molecule has 1 aliphatic heterocycles. The molecular weight excluding hydrogens is 214 g/mol. The van der Waals surface area contributed by atoms with Gasteiger partial charge in [-0.2, -0.15) is 0 Å². The molecule has 1 saturated heterocycles. The summed E-state index contributed by atoms with van der Waals surface area (Å²) in [4.78, 5) is 13.1. The normalized spacial score (nSPS) is 18.7. The predicted octanol–water partition coefficient (Wildman–Crippen LogP) is 2.15. The van der Waals surface area contributed by atoms with Gasteiger partial charge in [0.1, 0.15) is 0 Å². The Balaban J connectivity index is 1.83. The topological polar surface area (TPSA) is 40.5 Å². The maximum absolute atomic E-state index is 10.8. The molecule has 1 fully saturated rings. The highest BCUT2D eigenvalue weighted by Crippen LogP contribution is 2.25. The molecule has 0 amide bonds. The second-order valence-electron chi connectivity index (χ2n) is 5.07. The molecule has 1 heterocycles. The van der Waals surface area contributed by atoms with Crippen LogP contribution >= 0.6 is 0 Å². The molecule has 0 bridgehead atoms. The number of nitrogens with zero attached hydrogens (tertiary/aromatic N) is 1. The van der Waals surface area contributed by atoms with Crippen LogP contribution < -0.4 is 0 Å². The van der Waals surface area contributed by atoms with E-state index in [1.54, 1.807) is 6.92 Å². The summed E-state index contributed by atoms with van der Waals surface area (Å²) >= 11 is 0. The van der Waals surface area contributed by atoms with Gasteiger partial charge in [0.05, 0.1) is 5.92 Å². The second kappa shape index (κ2) is 4.88. The van der Waals surface area contributed by atoms with Crippen molar-refractivity contribution in [2.75, 3.05) is 13.1 Å². The number of carboxylic acids is 1. The standard InChI is InChI=1S/C14H19NO2/c1-10-4-3-5-12(6-10)7-15-8-13(9-15)11(2)14(16)17/h3-6,11,13H,7-9H2,1-2H3,(H,16,17). The van der Waals surface area contributed by atoms with Crippen molar-refractivity contribution in [3.63, 3.8) is 0 Å². The Morgan fingerprint density at radius 1 is 1.53 bits per heavy atom. The molecule has 1 unspecified atom stereocenters. The summed E-state index contributed by atoms with van der Waals surface area (Å²) in [5.41, 5.74) is 2.59. The minimum absolute atomic E-state index is 0.219. The predicted molar refractivity (Wildman–Crippen MR) is 66.7 cm³/mol. The van der Waals surface area contributed by atoms with Gasteiger partial charge in [-0.3, -0.25) is 9.69 Å². The van der Waals surface area contributed by atoms with E-state index in [4.69, 9.17) is 5.11 Å². The van der Waals surface area contributed by atoms with Gasteiger partial charge in [0.2, 0.25) is 0 Å². The molecule has 0 spiro atoms. The molecule has 0 aliphatic carbocycles. The maximum atomic E-state index is 10.8. The first kappa shape index (κ1) is 12.1. The summed E-state index contributed by atoms with van der Waals surface area (Å²) in [5.74, 6) is -0.578. The number of benzene rings is 1. The molecule has 92 valence electrons. The van der Waals surface area contributed by atoms with Crippen LogP contribution in [0.3, 0.4) is 0 Å². The third-order valence-electron chi connectivity index (χ3n) is 3.57. The monoisotopic (exact) mass is 233 g/mol. The molecule has 1 aromatic rings. The first-order valence-corrected chi connectivity index (χ1v) is 6.07. The number of hydrogen-bond donors (Lipinski definition) is 1. The fraction of sp³-hybridized carbons (Fsp3) is 0.500. The molecule has 17 heavy (non-hydrogen) atoms. The van der Waals surface area contributed by atoms with E-state index in [2.05, 4.69) is 36.1 Å². The Morgan fingerprint density at radius 3 is 2.82 bits per heavy atom. The maximum Gasteiger partial charge on any atom is 0.306 e. The van der Waals surface area contributed by atoms with E-state index in [1.807, 2.05) is 0 Å². The van der Waals surface area contributed by atoms with Crippen LogP contribution in [0.4, 0.5) is 0 Å². The van der Waals surface area contributed by atoms with E-state index < -0.39 is 5.97 Å². The lowest BCUT2D eigenvalue weighted by Crippen LogP contribution is -2.50. The molecule has 1 aromatic carbocycles. The Hall–Kier alpha value is -1.35. The number of carboxylic acid groups (broad SMARTS) is 1. The second-order valence-corrected chi connectivity index (χ2v) is 5.07. The van der Waals surface area contributed by atoms with Crippen molar-refractivity contribution in [2.24, 2.45) is 11.8 Å². The quantitative estimate of drug-likeness (QED) is 0.866. The van der Waals surface area contributed by atoms with Crippen LogP contribution in [0.15, 0.2) is 24.3 Å². The number of likely N-dealkylation sites (tertiary alicyclic amines) is 1. The lowest BCUT2D eigenvalue weighted by molar-refractivity contribution is -0.145. The average Bonchev–Trinajstić information content (AvgIpc) is 2.22. The Bertz CT molecular complexity index is 410. The van der Waals surface area contributed by atoms with Gasteiger partial charge in [-0.25, -0.2) is 0 Å². The van der Waals surface area contributed by atoms with E-state index in [1.165, 1.54) is 11.1 Å². The van der Waals surface area contributed by atoms with Gasteiger partial charge in [0.25, 0.3) is 0 Å². The van der Waals surface area contributed by atoms with Crippen molar-refractivity contribution in [1.29, 1.82) is 0 Å². The minimum Gasteiger partial charge on any atom is -0.481 e. The van der Waals surface area contributed by atoms with Gasteiger partial charge in [0.15, 0.2) is 0 Å². The van der Waals surface area contributed by atoms with Crippen LogP contribution in [0.2, 0.25) is 0 Å². The van der Waals surface area contributed by atoms with Gasteiger partial charge >= 0.3 is 5.97 Å². The lowest BCUT2D eigenvalue weighted by Gasteiger charge is -2.41. The molecular formula is C14H19NO2. The van der Waals surface area contributed by atoms with Crippen LogP contribution in [0, 0.1) is 18.8 Å². The van der Waals surface area contributed by atoms with Gasteiger partial charge < -0.3 is 5.11 Å². The molecule has 3 heteroatoms. The third-order valence-corrected chi connectivity index (χ3v) is 3.57. The highest BCUT2D eigenvalue weighted by molar-refractivity contribution is 5.70. The molecule has 1 aliphatic rings. The molecule has 3 nitrogen and oxygen atoms in total. The van der Waals surface area contributed by atoms with Crippen molar-refractivity contribution < 1.29 is 9.90 Å². The van der Waals surface area contributed by atoms with E-state index in [0.717, 1.165) is 19.6 Å². The largest absolute Gasteiger partial charge is 0.481 e. The fourth-order valence-corrected chi connectivity index (χ4v) is 2.33. The van der Waals surface area contributed by atoms with Gasteiger partial charge in [0, 0.05) is 19.6 Å². The number of carbonyl (C=O) groups is 1. The zero-order valence-corrected chi connectivity index (χ0v) is 10.4. The van der Waals surface area contributed by atoms with Gasteiger partial charge in [-0.1, -0.05) is 36.8 Å².